The Morgan fingerprint density at radius 1 is 1.43 bits per heavy atom. The summed E-state index contributed by atoms with van der Waals surface area (Å²) < 4.78 is 0. The topological polar surface area (TPSA) is 26.0 Å². The zero-order chi connectivity index (χ0) is 10.6. The molecule has 0 aliphatic rings. The molecule has 1 atom stereocenters. The Morgan fingerprint density at radius 2 is 2.14 bits per heavy atom. The highest BCUT2D eigenvalue weighted by molar-refractivity contribution is 7.99. The Balaban J connectivity index is 2.45. The van der Waals surface area contributed by atoms with Crippen molar-refractivity contribution in [2.45, 2.75) is 24.8 Å². The molecular formula is C11H16ClNS. The Morgan fingerprint density at radius 3 is 2.71 bits per heavy atom. The molecule has 1 aromatic carbocycles. The van der Waals surface area contributed by atoms with E-state index in [1.807, 2.05) is 18.2 Å². The molecule has 1 nitrogen and oxygen atoms in total. The second-order valence-corrected chi connectivity index (χ2v) is 5.21. The van der Waals surface area contributed by atoms with E-state index in [0.29, 0.717) is 5.92 Å². The third-order valence-corrected chi connectivity index (χ3v) is 3.47. The second kappa shape index (κ2) is 5.64. The fourth-order valence-corrected chi connectivity index (χ4v) is 2.35. The average Bonchev–Trinajstić information content (AvgIpc) is 2.14. The van der Waals surface area contributed by atoms with E-state index in [-0.39, 0.29) is 6.04 Å². The molecule has 0 heterocycles. The average molecular weight is 230 g/mol. The normalized spacial score (nSPS) is 13.2. The summed E-state index contributed by atoms with van der Waals surface area (Å²) in [5.41, 5.74) is 5.95. The van der Waals surface area contributed by atoms with Gasteiger partial charge in [-0.25, -0.2) is 0 Å². The van der Waals surface area contributed by atoms with Crippen LogP contribution in [0, 0.1) is 5.92 Å². The van der Waals surface area contributed by atoms with Crippen molar-refractivity contribution >= 4 is 23.4 Å². The first-order valence-corrected chi connectivity index (χ1v) is 6.10. The van der Waals surface area contributed by atoms with Crippen molar-refractivity contribution in [1.82, 2.24) is 0 Å². The summed E-state index contributed by atoms with van der Waals surface area (Å²) in [5, 5.41) is 0.785. The fraction of sp³-hybridized carbons (Fsp3) is 0.455. The molecule has 0 spiro atoms. The van der Waals surface area contributed by atoms with Gasteiger partial charge in [-0.05, 0) is 24.1 Å². The predicted octanol–water partition coefficient (Wildman–Crippen LogP) is 3.42. The summed E-state index contributed by atoms with van der Waals surface area (Å²) in [5.74, 6) is 1.47. The smallest absolute Gasteiger partial charge is 0.0417 e. The van der Waals surface area contributed by atoms with Crippen LogP contribution in [0.25, 0.3) is 0 Å². The summed E-state index contributed by atoms with van der Waals surface area (Å²) in [6.07, 6.45) is 0. The minimum absolute atomic E-state index is 0.249. The summed E-state index contributed by atoms with van der Waals surface area (Å²) in [6, 6.07) is 8.13. The molecule has 0 amide bonds. The van der Waals surface area contributed by atoms with Crippen LogP contribution in [-0.2, 0) is 0 Å². The lowest BCUT2D eigenvalue weighted by Gasteiger charge is -2.14. The molecule has 0 aliphatic carbocycles. The zero-order valence-electron chi connectivity index (χ0n) is 8.53. The van der Waals surface area contributed by atoms with Crippen LogP contribution in [0.15, 0.2) is 29.2 Å². The molecule has 0 aromatic heterocycles. The van der Waals surface area contributed by atoms with Gasteiger partial charge in [-0.2, -0.15) is 0 Å². The minimum atomic E-state index is 0.249. The molecule has 0 saturated carbocycles. The van der Waals surface area contributed by atoms with Gasteiger partial charge in [-0.3, -0.25) is 0 Å². The molecule has 78 valence electrons. The predicted molar refractivity (Wildman–Crippen MR) is 65.0 cm³/mol. The number of nitrogens with two attached hydrogens (primary N) is 1. The molecular weight excluding hydrogens is 214 g/mol. The minimum Gasteiger partial charge on any atom is -0.327 e. The first-order valence-electron chi connectivity index (χ1n) is 4.73. The number of hydrogen-bond acceptors (Lipinski definition) is 2. The van der Waals surface area contributed by atoms with Crippen molar-refractivity contribution in [1.29, 1.82) is 0 Å². The van der Waals surface area contributed by atoms with Gasteiger partial charge in [0.15, 0.2) is 0 Å². The zero-order valence-corrected chi connectivity index (χ0v) is 10.1. The quantitative estimate of drug-likeness (QED) is 0.801. The Labute approximate surface area is 95.0 Å². The summed E-state index contributed by atoms with van der Waals surface area (Å²) in [4.78, 5) is 1.19. The first kappa shape index (κ1) is 11.9. The summed E-state index contributed by atoms with van der Waals surface area (Å²) in [7, 11) is 0. The van der Waals surface area contributed by atoms with Crippen LogP contribution >= 0.6 is 23.4 Å². The molecule has 0 aliphatic heterocycles. The highest BCUT2D eigenvalue weighted by Gasteiger charge is 2.07. The molecule has 14 heavy (non-hydrogen) atoms. The highest BCUT2D eigenvalue weighted by Crippen LogP contribution is 2.22. The molecule has 2 N–H and O–H groups in total. The van der Waals surface area contributed by atoms with Gasteiger partial charge in [0.25, 0.3) is 0 Å². The molecule has 0 radical (unpaired) electrons. The molecule has 0 bridgehead atoms. The second-order valence-electron chi connectivity index (χ2n) is 3.68. The largest absolute Gasteiger partial charge is 0.327 e. The monoisotopic (exact) mass is 229 g/mol. The molecule has 1 unspecified atom stereocenters. The molecule has 1 rings (SSSR count). The number of rotatable bonds is 4. The maximum absolute atomic E-state index is 5.95. The van der Waals surface area contributed by atoms with Crippen LogP contribution in [0.5, 0.6) is 0 Å². The van der Waals surface area contributed by atoms with Crippen LogP contribution < -0.4 is 5.73 Å². The molecule has 0 fully saturated rings. The van der Waals surface area contributed by atoms with Crippen LogP contribution in [0.4, 0.5) is 0 Å². The molecule has 1 aromatic rings. The summed E-state index contributed by atoms with van der Waals surface area (Å²) in [6.45, 7) is 4.28. The standard InChI is InChI=1S/C11H16ClNS/c1-8(2)11(13)7-14-10-5-3-4-9(12)6-10/h3-6,8,11H,7,13H2,1-2H3. The lowest BCUT2D eigenvalue weighted by atomic mass is 10.1. The van der Waals surface area contributed by atoms with E-state index < -0.39 is 0 Å². The number of benzene rings is 1. The van der Waals surface area contributed by atoms with E-state index in [9.17, 15) is 0 Å². The maximum Gasteiger partial charge on any atom is 0.0417 e. The van der Waals surface area contributed by atoms with Crippen molar-refractivity contribution in [2.75, 3.05) is 5.75 Å². The SMILES string of the molecule is CC(C)C(N)CSc1cccc(Cl)c1. The van der Waals surface area contributed by atoms with E-state index >= 15 is 0 Å². The van der Waals surface area contributed by atoms with E-state index in [1.165, 1.54) is 4.90 Å². The maximum atomic E-state index is 5.95. The van der Waals surface area contributed by atoms with Crippen LogP contribution in [0.1, 0.15) is 13.8 Å². The summed E-state index contributed by atoms with van der Waals surface area (Å²) >= 11 is 7.64. The van der Waals surface area contributed by atoms with Crippen molar-refractivity contribution in [3.05, 3.63) is 29.3 Å². The van der Waals surface area contributed by atoms with Crippen LogP contribution in [-0.4, -0.2) is 11.8 Å². The van der Waals surface area contributed by atoms with E-state index in [4.69, 9.17) is 17.3 Å². The van der Waals surface area contributed by atoms with Gasteiger partial charge in [0, 0.05) is 21.7 Å². The van der Waals surface area contributed by atoms with Gasteiger partial charge < -0.3 is 5.73 Å². The van der Waals surface area contributed by atoms with Gasteiger partial charge in [0.05, 0.1) is 0 Å². The number of hydrogen-bond donors (Lipinski definition) is 1. The van der Waals surface area contributed by atoms with Crippen LogP contribution in [0.2, 0.25) is 5.02 Å². The third-order valence-electron chi connectivity index (χ3n) is 2.09. The molecule has 3 heteroatoms. The van der Waals surface area contributed by atoms with Crippen molar-refractivity contribution < 1.29 is 0 Å². The Bertz CT molecular complexity index is 288. The van der Waals surface area contributed by atoms with Gasteiger partial charge in [-0.15, -0.1) is 11.8 Å². The van der Waals surface area contributed by atoms with E-state index in [1.54, 1.807) is 11.8 Å². The van der Waals surface area contributed by atoms with Gasteiger partial charge in [-0.1, -0.05) is 31.5 Å². The Hall–Kier alpha value is -0.180. The van der Waals surface area contributed by atoms with Crippen molar-refractivity contribution in [3.8, 4) is 0 Å². The van der Waals surface area contributed by atoms with Gasteiger partial charge in [0.1, 0.15) is 0 Å². The lowest BCUT2D eigenvalue weighted by Crippen LogP contribution is -2.28. The fourth-order valence-electron chi connectivity index (χ4n) is 0.942. The van der Waals surface area contributed by atoms with Gasteiger partial charge in [0.2, 0.25) is 0 Å². The third kappa shape index (κ3) is 3.91. The number of thioether (sulfide) groups is 1. The number of halogens is 1. The van der Waals surface area contributed by atoms with Crippen molar-refractivity contribution in [3.63, 3.8) is 0 Å². The lowest BCUT2D eigenvalue weighted by molar-refractivity contribution is 0.535. The van der Waals surface area contributed by atoms with E-state index in [0.717, 1.165) is 10.8 Å². The highest BCUT2D eigenvalue weighted by atomic mass is 35.5. The van der Waals surface area contributed by atoms with Crippen LogP contribution in [0.3, 0.4) is 0 Å². The van der Waals surface area contributed by atoms with Gasteiger partial charge >= 0.3 is 0 Å². The van der Waals surface area contributed by atoms with Crippen molar-refractivity contribution in [2.24, 2.45) is 11.7 Å². The van der Waals surface area contributed by atoms with E-state index in [2.05, 4.69) is 19.9 Å². The molecule has 0 saturated heterocycles. The first-order chi connectivity index (χ1) is 6.59. The Kier molecular flexibility index (Phi) is 4.79.